The van der Waals surface area contributed by atoms with Crippen molar-refractivity contribution in [3.63, 3.8) is 0 Å². The molecule has 1 aliphatic rings. The number of ether oxygens (including phenoxy) is 2. The van der Waals surface area contributed by atoms with Crippen molar-refractivity contribution in [3.8, 4) is 0 Å². The maximum atomic E-state index is 13.1. The monoisotopic (exact) mass is 667 g/mol. The number of rotatable bonds is 14. The number of nitrogens with zero attached hydrogens (tertiary/aromatic N) is 2. The largest absolute Gasteiger partial charge is 0.480 e. The first-order valence-electron chi connectivity index (χ1n) is 15.2. The molecule has 4 rings (SSSR count). The van der Waals surface area contributed by atoms with E-state index in [1.54, 1.807) is 37.1 Å². The molecule has 3 unspecified atom stereocenters. The maximum Gasteiger partial charge on any atom is 0.410 e. The summed E-state index contributed by atoms with van der Waals surface area (Å²) in [5.74, 6) is -1.43. The number of carbonyl (C=O) groups is 3. The summed E-state index contributed by atoms with van der Waals surface area (Å²) in [6.07, 6.45) is 1.06. The number of likely N-dealkylation sites (tertiary alicyclic amines) is 1. The Labute approximate surface area is 274 Å². The Hall–Kier alpha value is -4.53. The standard InChI is InChI=1S/C33H41N5O8S/c1-21-10-11-34-29(14-21)35-16-26-15-27(18-38(26)33(42)46-19-25-8-6-5-7-9-25)45-20-30(39)36-17-28(32(40)41)37-47(43,44)31-23(3)12-22(2)13-24(31)4/h5-14,26-28,37H,15-20H2,1-4H3,(H,34,35)(H,36,39)(H,40,41). The second kappa shape index (κ2) is 15.8. The van der Waals surface area contributed by atoms with Gasteiger partial charge in [-0.2, -0.15) is 4.72 Å². The molecule has 2 amide bonds. The van der Waals surface area contributed by atoms with Gasteiger partial charge in [-0.1, -0.05) is 48.0 Å². The molecule has 0 spiro atoms. The number of nitrogens with one attached hydrogen (secondary N) is 3. The lowest BCUT2D eigenvalue weighted by Gasteiger charge is -2.24. The third kappa shape index (κ3) is 9.98. The van der Waals surface area contributed by atoms with Crippen molar-refractivity contribution >= 4 is 33.8 Å². The van der Waals surface area contributed by atoms with Crippen LogP contribution in [0.5, 0.6) is 0 Å². The Morgan fingerprint density at radius 3 is 2.38 bits per heavy atom. The van der Waals surface area contributed by atoms with Gasteiger partial charge in [-0.05, 0) is 68.5 Å². The predicted molar refractivity (Wildman–Crippen MR) is 174 cm³/mol. The van der Waals surface area contributed by atoms with Gasteiger partial charge in [-0.15, -0.1) is 0 Å². The van der Waals surface area contributed by atoms with Gasteiger partial charge in [-0.25, -0.2) is 18.2 Å². The SMILES string of the molecule is Cc1ccnc(NCC2CC(OCC(=O)NCC(NS(=O)(=O)c3c(C)cc(C)cc3C)C(=O)O)CN2C(=O)OCc2ccccc2)c1. The molecule has 14 heteroatoms. The molecule has 13 nitrogen and oxygen atoms in total. The fraction of sp³-hybridized carbons (Fsp3) is 0.394. The smallest absolute Gasteiger partial charge is 0.410 e. The van der Waals surface area contributed by atoms with Crippen LogP contribution in [0, 0.1) is 27.7 Å². The second-order valence-corrected chi connectivity index (χ2v) is 13.3. The molecule has 252 valence electrons. The predicted octanol–water partition coefficient (Wildman–Crippen LogP) is 3.07. The molecular weight excluding hydrogens is 626 g/mol. The van der Waals surface area contributed by atoms with Gasteiger partial charge in [-0.3, -0.25) is 9.59 Å². The van der Waals surface area contributed by atoms with E-state index in [0.29, 0.717) is 29.9 Å². The molecule has 1 saturated heterocycles. The minimum atomic E-state index is -4.20. The van der Waals surface area contributed by atoms with Crippen LogP contribution in [0.25, 0.3) is 0 Å². The molecule has 1 aliphatic heterocycles. The molecule has 3 atom stereocenters. The van der Waals surface area contributed by atoms with E-state index in [1.165, 1.54) is 0 Å². The van der Waals surface area contributed by atoms with Gasteiger partial charge < -0.3 is 30.1 Å². The van der Waals surface area contributed by atoms with Crippen molar-refractivity contribution in [1.29, 1.82) is 0 Å². The van der Waals surface area contributed by atoms with E-state index in [9.17, 15) is 27.9 Å². The molecule has 0 saturated carbocycles. The fourth-order valence-corrected chi connectivity index (χ4v) is 7.19. The zero-order chi connectivity index (χ0) is 34.1. The van der Waals surface area contributed by atoms with Crippen molar-refractivity contribution in [2.75, 3.05) is 31.6 Å². The summed E-state index contributed by atoms with van der Waals surface area (Å²) in [7, 11) is -4.20. The molecule has 1 aromatic heterocycles. The fourth-order valence-electron chi connectivity index (χ4n) is 5.55. The highest BCUT2D eigenvalue weighted by atomic mass is 32.2. The van der Waals surface area contributed by atoms with E-state index in [1.807, 2.05) is 56.3 Å². The zero-order valence-corrected chi connectivity index (χ0v) is 27.7. The molecule has 0 bridgehead atoms. The van der Waals surface area contributed by atoms with Gasteiger partial charge in [0.25, 0.3) is 0 Å². The lowest BCUT2D eigenvalue weighted by molar-refractivity contribution is -0.139. The first kappa shape index (κ1) is 35.3. The molecule has 1 fully saturated rings. The lowest BCUT2D eigenvalue weighted by Crippen LogP contribution is -2.49. The van der Waals surface area contributed by atoms with Crippen LogP contribution in [-0.4, -0.2) is 85.8 Å². The average Bonchev–Trinajstić information content (AvgIpc) is 3.43. The normalized spacial score (nSPS) is 16.8. The summed E-state index contributed by atoms with van der Waals surface area (Å²) in [5, 5.41) is 15.4. The van der Waals surface area contributed by atoms with Crippen molar-refractivity contribution in [1.82, 2.24) is 19.9 Å². The van der Waals surface area contributed by atoms with Gasteiger partial charge in [0.1, 0.15) is 25.1 Å². The minimum Gasteiger partial charge on any atom is -0.480 e. The topological polar surface area (TPSA) is 176 Å². The van der Waals surface area contributed by atoms with Gasteiger partial charge in [0.15, 0.2) is 0 Å². The molecular formula is C33H41N5O8S. The average molecular weight is 668 g/mol. The maximum absolute atomic E-state index is 13.1. The van der Waals surface area contributed by atoms with E-state index in [2.05, 4.69) is 20.3 Å². The number of hydrogen-bond donors (Lipinski definition) is 4. The van der Waals surface area contributed by atoms with Crippen LogP contribution < -0.4 is 15.4 Å². The van der Waals surface area contributed by atoms with Crippen LogP contribution in [0.2, 0.25) is 0 Å². The Morgan fingerprint density at radius 2 is 1.72 bits per heavy atom. The number of aliphatic carboxylic acids is 1. The number of hydrogen-bond acceptors (Lipinski definition) is 9. The van der Waals surface area contributed by atoms with Crippen LogP contribution in [-0.2, 0) is 35.7 Å². The van der Waals surface area contributed by atoms with Gasteiger partial charge in [0.05, 0.1) is 23.6 Å². The molecule has 2 aromatic carbocycles. The molecule has 3 aromatic rings. The van der Waals surface area contributed by atoms with Crippen molar-refractivity contribution in [3.05, 3.63) is 88.6 Å². The quantitative estimate of drug-likeness (QED) is 0.200. The Bertz CT molecular complexity index is 1660. The van der Waals surface area contributed by atoms with Crippen LogP contribution in [0.3, 0.4) is 0 Å². The number of pyridine rings is 1. The van der Waals surface area contributed by atoms with Crippen LogP contribution in [0.4, 0.5) is 10.6 Å². The third-order valence-corrected chi connectivity index (χ3v) is 9.45. The van der Waals surface area contributed by atoms with Crippen molar-refractivity contribution < 1.29 is 37.4 Å². The lowest BCUT2D eigenvalue weighted by atomic mass is 10.1. The summed E-state index contributed by atoms with van der Waals surface area (Å²) in [6, 6.07) is 14.5. The number of amides is 2. The number of benzene rings is 2. The highest BCUT2D eigenvalue weighted by Crippen LogP contribution is 2.24. The number of carboxylic acids is 1. The van der Waals surface area contributed by atoms with E-state index in [0.717, 1.165) is 16.7 Å². The highest BCUT2D eigenvalue weighted by molar-refractivity contribution is 7.89. The Balaban J connectivity index is 1.33. The molecule has 47 heavy (non-hydrogen) atoms. The van der Waals surface area contributed by atoms with Gasteiger partial charge in [0, 0.05) is 19.3 Å². The summed E-state index contributed by atoms with van der Waals surface area (Å²) >= 11 is 0. The number of anilines is 1. The zero-order valence-electron chi connectivity index (χ0n) is 26.9. The van der Waals surface area contributed by atoms with Crippen LogP contribution in [0.15, 0.2) is 65.7 Å². The molecule has 4 N–H and O–H groups in total. The number of carbonyl (C=O) groups excluding carboxylic acids is 2. The number of aryl methyl sites for hydroxylation is 4. The number of aromatic nitrogens is 1. The first-order chi connectivity index (χ1) is 22.3. The minimum absolute atomic E-state index is 0.000633. The van der Waals surface area contributed by atoms with Gasteiger partial charge in [0.2, 0.25) is 15.9 Å². The van der Waals surface area contributed by atoms with Gasteiger partial charge >= 0.3 is 12.1 Å². The van der Waals surface area contributed by atoms with E-state index in [-0.39, 0.29) is 24.1 Å². The van der Waals surface area contributed by atoms with E-state index >= 15 is 0 Å². The van der Waals surface area contributed by atoms with Crippen molar-refractivity contribution in [2.45, 2.75) is 63.8 Å². The summed E-state index contributed by atoms with van der Waals surface area (Å²) in [5.41, 5.74) is 3.71. The first-order valence-corrected chi connectivity index (χ1v) is 16.7. The Kier molecular flexibility index (Phi) is 11.9. The van der Waals surface area contributed by atoms with E-state index in [4.69, 9.17) is 9.47 Å². The summed E-state index contributed by atoms with van der Waals surface area (Å²) < 4.78 is 39.7. The number of carboxylic acid groups (broad SMARTS) is 1. The van der Waals surface area contributed by atoms with Crippen LogP contribution in [0.1, 0.15) is 34.2 Å². The van der Waals surface area contributed by atoms with E-state index < -0.39 is 53.3 Å². The van der Waals surface area contributed by atoms with Crippen LogP contribution >= 0.6 is 0 Å². The highest BCUT2D eigenvalue weighted by Gasteiger charge is 2.37. The second-order valence-electron chi connectivity index (χ2n) is 11.7. The summed E-state index contributed by atoms with van der Waals surface area (Å²) in [6.45, 7) is 6.76. The third-order valence-electron chi connectivity index (χ3n) is 7.67. The van der Waals surface area contributed by atoms with Crippen molar-refractivity contribution in [2.24, 2.45) is 0 Å². The number of sulfonamides is 1. The Morgan fingerprint density at radius 1 is 1.02 bits per heavy atom. The molecule has 2 heterocycles. The molecule has 0 aliphatic carbocycles. The molecule has 0 radical (unpaired) electrons. The summed E-state index contributed by atoms with van der Waals surface area (Å²) in [4.78, 5) is 43.6.